The molecule has 6 nitrogen and oxygen atoms in total. The summed E-state index contributed by atoms with van der Waals surface area (Å²) in [5.41, 5.74) is 3.58. The van der Waals surface area contributed by atoms with Crippen molar-refractivity contribution in [1.29, 1.82) is 0 Å². The first-order valence-electron chi connectivity index (χ1n) is 11.1. The molecule has 158 valence electrons. The number of aryl methyl sites for hydroxylation is 1. The van der Waals surface area contributed by atoms with Crippen LogP contribution in [-0.4, -0.2) is 40.7 Å². The Kier molecular flexibility index (Phi) is 4.53. The number of aromatic nitrogens is 2. The first-order chi connectivity index (χ1) is 15.3. The van der Waals surface area contributed by atoms with Gasteiger partial charge in [0.05, 0.1) is 5.52 Å². The van der Waals surface area contributed by atoms with Crippen molar-refractivity contribution in [1.82, 2.24) is 14.9 Å². The maximum atomic E-state index is 6.64. The van der Waals surface area contributed by atoms with E-state index in [1.807, 2.05) is 49.4 Å². The van der Waals surface area contributed by atoms with Crippen LogP contribution in [0.5, 0.6) is 11.5 Å². The van der Waals surface area contributed by atoms with Crippen LogP contribution in [0, 0.1) is 6.92 Å². The molecule has 2 aromatic carbocycles. The average Bonchev–Trinajstić information content (AvgIpc) is 3.23. The molecule has 0 spiro atoms. The third kappa shape index (κ3) is 3.31. The van der Waals surface area contributed by atoms with Crippen molar-refractivity contribution in [3.05, 3.63) is 60.1 Å². The third-order valence-corrected chi connectivity index (χ3v) is 6.30. The second kappa shape index (κ2) is 7.54. The van der Waals surface area contributed by atoms with Gasteiger partial charge in [-0.3, -0.25) is 9.88 Å². The summed E-state index contributed by atoms with van der Waals surface area (Å²) in [5.74, 6) is 2.23. The largest absolute Gasteiger partial charge is 0.486 e. The van der Waals surface area contributed by atoms with E-state index in [4.69, 9.17) is 18.9 Å². The Hall–Kier alpha value is -3.12. The van der Waals surface area contributed by atoms with Crippen molar-refractivity contribution in [2.24, 2.45) is 0 Å². The second-order valence-corrected chi connectivity index (χ2v) is 8.44. The number of pyridine rings is 1. The molecule has 0 aliphatic carbocycles. The van der Waals surface area contributed by atoms with E-state index in [1.54, 1.807) is 0 Å². The highest BCUT2D eigenvalue weighted by Gasteiger charge is 2.38. The predicted octanol–water partition coefficient (Wildman–Crippen LogP) is 5.05. The van der Waals surface area contributed by atoms with Gasteiger partial charge < -0.3 is 13.9 Å². The summed E-state index contributed by atoms with van der Waals surface area (Å²) in [4.78, 5) is 11.9. The van der Waals surface area contributed by atoms with Crippen LogP contribution in [0.3, 0.4) is 0 Å². The summed E-state index contributed by atoms with van der Waals surface area (Å²) in [6, 6.07) is 15.8. The number of fused-ring (bicyclic) bond motifs is 4. The smallest absolute Gasteiger partial charge is 0.216 e. The number of piperidine rings is 1. The predicted molar refractivity (Wildman–Crippen MR) is 119 cm³/mol. The molecule has 0 N–H and O–H groups in total. The zero-order valence-electron chi connectivity index (χ0n) is 17.6. The van der Waals surface area contributed by atoms with Gasteiger partial charge in [0.1, 0.15) is 18.2 Å². The number of para-hydroxylation sites is 2. The molecule has 6 heteroatoms. The van der Waals surface area contributed by atoms with E-state index in [0.717, 1.165) is 52.3 Å². The molecule has 0 bridgehead atoms. The molecule has 2 unspecified atom stereocenters. The van der Waals surface area contributed by atoms with Crippen molar-refractivity contribution in [3.8, 4) is 11.5 Å². The molecule has 1 saturated heterocycles. The highest BCUT2D eigenvalue weighted by atomic mass is 16.6. The van der Waals surface area contributed by atoms with Crippen molar-refractivity contribution in [2.45, 2.75) is 38.3 Å². The van der Waals surface area contributed by atoms with Crippen LogP contribution in [0.15, 0.2) is 52.9 Å². The maximum Gasteiger partial charge on any atom is 0.216 e. The SMILES string of the molecule is Cc1ccc2c3c(ccc2n1)OCC(C(c1nc2ccccc2o1)N1CCCCC1)O3. The molecule has 4 aromatic rings. The van der Waals surface area contributed by atoms with E-state index in [1.165, 1.54) is 19.3 Å². The molecule has 1 fully saturated rings. The number of nitrogens with zero attached hydrogens (tertiary/aromatic N) is 3. The zero-order valence-corrected chi connectivity index (χ0v) is 17.6. The number of likely N-dealkylation sites (tertiary alicyclic amines) is 1. The van der Waals surface area contributed by atoms with Gasteiger partial charge in [-0.25, -0.2) is 4.98 Å². The monoisotopic (exact) mass is 415 g/mol. The number of hydrogen-bond acceptors (Lipinski definition) is 6. The Morgan fingerprint density at radius 3 is 2.68 bits per heavy atom. The maximum absolute atomic E-state index is 6.64. The molecule has 2 aliphatic heterocycles. The standard InChI is InChI=1S/C25H25N3O3/c1-16-9-10-17-18(26-16)11-12-21-24(17)30-22(15-29-21)23(28-13-5-2-6-14-28)25-27-19-7-3-4-8-20(19)31-25/h3-4,7-12,22-23H,2,5-6,13-15H2,1H3. The summed E-state index contributed by atoms with van der Waals surface area (Å²) >= 11 is 0. The summed E-state index contributed by atoms with van der Waals surface area (Å²) in [6.07, 6.45) is 3.39. The Balaban J connectivity index is 1.42. The normalized spacial score (nSPS) is 20.2. The van der Waals surface area contributed by atoms with E-state index in [2.05, 4.69) is 16.0 Å². The number of rotatable bonds is 3. The van der Waals surface area contributed by atoms with Gasteiger partial charge in [0.2, 0.25) is 5.89 Å². The van der Waals surface area contributed by atoms with Crippen LogP contribution in [0.2, 0.25) is 0 Å². The lowest BCUT2D eigenvalue weighted by atomic mass is 10.0. The number of ether oxygens (including phenoxy) is 2. The minimum absolute atomic E-state index is 0.102. The number of hydrogen-bond donors (Lipinski definition) is 0. The van der Waals surface area contributed by atoms with Crippen LogP contribution in [0.1, 0.15) is 36.9 Å². The number of oxazole rings is 1. The molecule has 2 aromatic heterocycles. The lowest BCUT2D eigenvalue weighted by Crippen LogP contribution is -2.46. The fourth-order valence-electron chi connectivity index (χ4n) is 4.77. The summed E-state index contributed by atoms with van der Waals surface area (Å²) in [7, 11) is 0. The van der Waals surface area contributed by atoms with E-state index in [-0.39, 0.29) is 12.1 Å². The summed E-state index contributed by atoms with van der Waals surface area (Å²) in [6.45, 7) is 4.47. The first-order valence-corrected chi connectivity index (χ1v) is 11.1. The molecule has 4 heterocycles. The molecule has 0 amide bonds. The van der Waals surface area contributed by atoms with Gasteiger partial charge in [0.15, 0.2) is 23.2 Å². The topological polar surface area (TPSA) is 60.6 Å². The van der Waals surface area contributed by atoms with Gasteiger partial charge in [-0.2, -0.15) is 0 Å². The van der Waals surface area contributed by atoms with Gasteiger partial charge in [0, 0.05) is 11.1 Å². The average molecular weight is 415 g/mol. The number of benzene rings is 2. The van der Waals surface area contributed by atoms with E-state index >= 15 is 0 Å². The minimum atomic E-state index is -0.217. The molecule has 6 rings (SSSR count). The Morgan fingerprint density at radius 2 is 1.81 bits per heavy atom. The quantitative estimate of drug-likeness (QED) is 0.467. The van der Waals surface area contributed by atoms with Gasteiger partial charge in [-0.1, -0.05) is 18.6 Å². The molecule has 0 radical (unpaired) electrons. The Morgan fingerprint density at radius 1 is 0.935 bits per heavy atom. The van der Waals surface area contributed by atoms with Crippen molar-refractivity contribution in [2.75, 3.05) is 19.7 Å². The van der Waals surface area contributed by atoms with Crippen LogP contribution in [0.25, 0.3) is 22.0 Å². The first kappa shape index (κ1) is 18.6. The van der Waals surface area contributed by atoms with Crippen LogP contribution < -0.4 is 9.47 Å². The van der Waals surface area contributed by atoms with Crippen molar-refractivity contribution < 1.29 is 13.9 Å². The van der Waals surface area contributed by atoms with Gasteiger partial charge in [-0.15, -0.1) is 0 Å². The van der Waals surface area contributed by atoms with Crippen molar-refractivity contribution in [3.63, 3.8) is 0 Å². The van der Waals surface area contributed by atoms with Crippen LogP contribution in [0.4, 0.5) is 0 Å². The summed E-state index contributed by atoms with van der Waals surface area (Å²) < 4.78 is 19.1. The highest BCUT2D eigenvalue weighted by Crippen LogP contribution is 2.42. The Bertz CT molecular complexity index is 1210. The fraction of sp³-hybridized carbons (Fsp3) is 0.360. The molecular formula is C25H25N3O3. The fourth-order valence-corrected chi connectivity index (χ4v) is 4.77. The minimum Gasteiger partial charge on any atom is -0.486 e. The molecular weight excluding hydrogens is 390 g/mol. The van der Waals surface area contributed by atoms with Gasteiger partial charge >= 0.3 is 0 Å². The lowest BCUT2D eigenvalue weighted by Gasteiger charge is -2.39. The molecule has 2 atom stereocenters. The van der Waals surface area contributed by atoms with Crippen LogP contribution in [-0.2, 0) is 0 Å². The molecule has 0 saturated carbocycles. The van der Waals surface area contributed by atoms with Gasteiger partial charge in [0.25, 0.3) is 0 Å². The van der Waals surface area contributed by atoms with E-state index in [9.17, 15) is 0 Å². The zero-order chi connectivity index (χ0) is 20.8. The third-order valence-electron chi connectivity index (χ3n) is 6.30. The van der Waals surface area contributed by atoms with E-state index < -0.39 is 0 Å². The molecule has 31 heavy (non-hydrogen) atoms. The second-order valence-electron chi connectivity index (χ2n) is 8.44. The summed E-state index contributed by atoms with van der Waals surface area (Å²) in [5, 5.41) is 0.975. The van der Waals surface area contributed by atoms with Crippen molar-refractivity contribution >= 4 is 22.0 Å². The van der Waals surface area contributed by atoms with E-state index in [0.29, 0.717) is 12.5 Å². The lowest BCUT2D eigenvalue weighted by molar-refractivity contribution is -0.00336. The van der Waals surface area contributed by atoms with Gasteiger partial charge in [-0.05, 0) is 69.3 Å². The Labute approximate surface area is 180 Å². The van der Waals surface area contributed by atoms with Crippen LogP contribution >= 0.6 is 0 Å². The molecule has 2 aliphatic rings. The highest BCUT2D eigenvalue weighted by molar-refractivity contribution is 5.88.